The van der Waals surface area contributed by atoms with Gasteiger partial charge >= 0.3 is 5.97 Å². The van der Waals surface area contributed by atoms with E-state index in [0.717, 1.165) is 22.1 Å². The zero-order valence-electron chi connectivity index (χ0n) is 11.2. The van der Waals surface area contributed by atoms with Crippen LogP contribution in [0.4, 0.5) is 0 Å². The van der Waals surface area contributed by atoms with E-state index >= 15 is 0 Å². The van der Waals surface area contributed by atoms with Crippen LogP contribution in [-0.2, 0) is 6.42 Å². The molecule has 4 nitrogen and oxygen atoms in total. The number of benzene rings is 1. The summed E-state index contributed by atoms with van der Waals surface area (Å²) in [5.74, 6) is -1.04. The third-order valence-corrected chi connectivity index (χ3v) is 3.83. The van der Waals surface area contributed by atoms with Gasteiger partial charge < -0.3 is 5.11 Å². The predicted octanol–water partition coefficient (Wildman–Crippen LogP) is 4.25. The van der Waals surface area contributed by atoms with Crippen LogP contribution in [0.1, 0.15) is 35.0 Å². The number of carboxylic acids is 1. The molecule has 6 heteroatoms. The fourth-order valence-electron chi connectivity index (χ4n) is 2.08. The normalized spacial score (nSPS) is 10.8. The van der Waals surface area contributed by atoms with Crippen LogP contribution in [0, 0.1) is 6.92 Å². The fourth-order valence-corrected chi connectivity index (χ4v) is 2.87. The minimum Gasteiger partial charge on any atom is -0.478 e. The first kappa shape index (κ1) is 15.1. The molecule has 0 atom stereocenters. The highest BCUT2D eigenvalue weighted by molar-refractivity contribution is 9.10. The molecule has 2 rings (SSSR count). The lowest BCUT2D eigenvalue weighted by Gasteiger charge is -2.07. The largest absolute Gasteiger partial charge is 0.478 e. The highest BCUT2D eigenvalue weighted by Gasteiger charge is 2.22. The second kappa shape index (κ2) is 5.97. The van der Waals surface area contributed by atoms with Crippen LogP contribution in [-0.4, -0.2) is 20.9 Å². The molecular weight excluding hydrogens is 344 g/mol. The van der Waals surface area contributed by atoms with Crippen LogP contribution >= 0.6 is 27.5 Å². The molecule has 0 spiro atoms. The van der Waals surface area contributed by atoms with E-state index in [1.807, 2.05) is 32.0 Å². The number of hydrogen-bond acceptors (Lipinski definition) is 2. The molecule has 1 N–H and O–H groups in total. The van der Waals surface area contributed by atoms with Crippen molar-refractivity contribution in [2.45, 2.75) is 26.7 Å². The maximum Gasteiger partial charge on any atom is 0.340 e. The number of carbonyl (C=O) groups is 1. The number of halogens is 2. The van der Waals surface area contributed by atoms with E-state index in [9.17, 15) is 9.90 Å². The van der Waals surface area contributed by atoms with Crippen LogP contribution < -0.4 is 0 Å². The van der Waals surface area contributed by atoms with Gasteiger partial charge in [0, 0.05) is 4.47 Å². The monoisotopic (exact) mass is 356 g/mol. The molecule has 0 aliphatic heterocycles. The molecule has 2 aromatic rings. The number of aromatic carboxylic acids is 1. The van der Waals surface area contributed by atoms with Crippen LogP contribution in [0.5, 0.6) is 0 Å². The van der Waals surface area contributed by atoms with Gasteiger partial charge in [0.2, 0.25) is 0 Å². The molecule has 1 heterocycles. The highest BCUT2D eigenvalue weighted by Crippen LogP contribution is 2.27. The average Bonchev–Trinajstić information content (AvgIpc) is 2.67. The quantitative estimate of drug-likeness (QED) is 0.890. The predicted molar refractivity (Wildman–Crippen MR) is 82.0 cm³/mol. The molecule has 0 aliphatic rings. The average molecular weight is 358 g/mol. The van der Waals surface area contributed by atoms with Crippen LogP contribution in [0.25, 0.3) is 5.69 Å². The summed E-state index contributed by atoms with van der Waals surface area (Å²) in [5, 5.41) is 13.8. The summed E-state index contributed by atoms with van der Waals surface area (Å²) < 4.78 is 2.45. The summed E-state index contributed by atoms with van der Waals surface area (Å²) in [6, 6.07) is 5.67. The van der Waals surface area contributed by atoms with Gasteiger partial charge in [-0.05, 0) is 37.1 Å². The molecule has 0 unspecified atom stereocenters. The zero-order valence-corrected chi connectivity index (χ0v) is 13.5. The molecule has 0 radical (unpaired) electrons. The molecule has 1 aromatic heterocycles. The van der Waals surface area contributed by atoms with Crippen molar-refractivity contribution in [1.29, 1.82) is 0 Å². The van der Waals surface area contributed by atoms with Crippen molar-refractivity contribution in [2.24, 2.45) is 0 Å². The number of aryl methyl sites for hydroxylation is 2. The lowest BCUT2D eigenvalue weighted by atomic mass is 10.1. The van der Waals surface area contributed by atoms with E-state index in [-0.39, 0.29) is 10.7 Å². The molecule has 0 saturated heterocycles. The van der Waals surface area contributed by atoms with Crippen molar-refractivity contribution in [3.63, 3.8) is 0 Å². The molecular formula is C14H14BrClN2O2. The lowest BCUT2D eigenvalue weighted by molar-refractivity contribution is 0.0696. The molecule has 1 aromatic carbocycles. The smallest absolute Gasteiger partial charge is 0.340 e. The minimum atomic E-state index is -1.04. The van der Waals surface area contributed by atoms with Gasteiger partial charge in [0.15, 0.2) is 0 Å². The molecule has 106 valence electrons. The molecule has 0 aliphatic carbocycles. The number of aromatic nitrogens is 2. The van der Waals surface area contributed by atoms with E-state index in [4.69, 9.17) is 11.6 Å². The first-order chi connectivity index (χ1) is 9.45. The molecule has 0 fully saturated rings. The van der Waals surface area contributed by atoms with Gasteiger partial charge in [0.1, 0.15) is 10.7 Å². The van der Waals surface area contributed by atoms with Gasteiger partial charge in [-0.2, -0.15) is 5.10 Å². The highest BCUT2D eigenvalue weighted by atomic mass is 79.9. The molecule has 0 amide bonds. The van der Waals surface area contributed by atoms with E-state index < -0.39 is 5.97 Å². The summed E-state index contributed by atoms with van der Waals surface area (Å²) in [4.78, 5) is 11.4. The maximum atomic E-state index is 11.4. The van der Waals surface area contributed by atoms with Gasteiger partial charge in [0.25, 0.3) is 0 Å². The Balaban J connectivity index is 2.63. The zero-order chi connectivity index (χ0) is 14.9. The summed E-state index contributed by atoms with van der Waals surface area (Å²) in [7, 11) is 0. The Labute approximate surface area is 130 Å². The van der Waals surface area contributed by atoms with Gasteiger partial charge in [-0.1, -0.05) is 40.9 Å². The number of carboxylic acid groups (broad SMARTS) is 1. The third kappa shape index (κ3) is 2.74. The first-order valence-corrected chi connectivity index (χ1v) is 7.40. The summed E-state index contributed by atoms with van der Waals surface area (Å²) >= 11 is 9.61. The Hall–Kier alpha value is -1.33. The molecule has 0 saturated carbocycles. The van der Waals surface area contributed by atoms with Gasteiger partial charge in [-0.3, -0.25) is 0 Å². The van der Waals surface area contributed by atoms with Crippen molar-refractivity contribution < 1.29 is 9.90 Å². The minimum absolute atomic E-state index is 0.0934. The summed E-state index contributed by atoms with van der Waals surface area (Å²) in [6.07, 6.45) is 1.40. The van der Waals surface area contributed by atoms with Crippen molar-refractivity contribution >= 4 is 33.5 Å². The Morgan fingerprint density at radius 1 is 1.50 bits per heavy atom. The van der Waals surface area contributed by atoms with Crippen LogP contribution in [0.2, 0.25) is 5.15 Å². The number of rotatable bonds is 4. The van der Waals surface area contributed by atoms with Gasteiger partial charge in [-0.25, -0.2) is 9.48 Å². The Morgan fingerprint density at radius 3 is 2.75 bits per heavy atom. The van der Waals surface area contributed by atoms with Crippen LogP contribution in [0.3, 0.4) is 0 Å². The standard InChI is InChI=1S/C14H14BrClN2O2/c1-3-4-10-12(14(19)20)13(16)18(17-10)11-6-5-9(15)7-8(11)2/h5-7H,3-4H2,1-2H3,(H,19,20). The molecule has 0 bridgehead atoms. The van der Waals surface area contributed by atoms with Crippen LogP contribution in [0.15, 0.2) is 22.7 Å². The van der Waals surface area contributed by atoms with E-state index in [1.165, 1.54) is 4.68 Å². The summed E-state index contributed by atoms with van der Waals surface area (Å²) in [5.41, 5.74) is 2.36. The number of hydrogen-bond donors (Lipinski definition) is 1. The Bertz CT molecular complexity index is 667. The SMILES string of the molecule is CCCc1nn(-c2ccc(Br)cc2C)c(Cl)c1C(=O)O. The van der Waals surface area contributed by atoms with Crippen molar-refractivity contribution in [1.82, 2.24) is 9.78 Å². The maximum absolute atomic E-state index is 11.4. The number of nitrogens with zero attached hydrogens (tertiary/aromatic N) is 2. The van der Waals surface area contributed by atoms with E-state index in [1.54, 1.807) is 0 Å². The Morgan fingerprint density at radius 2 is 2.20 bits per heavy atom. The van der Waals surface area contributed by atoms with Crippen molar-refractivity contribution in [3.8, 4) is 5.69 Å². The fraction of sp³-hybridized carbons (Fsp3) is 0.286. The molecule has 20 heavy (non-hydrogen) atoms. The van der Waals surface area contributed by atoms with Gasteiger partial charge in [0.05, 0.1) is 11.4 Å². The summed E-state index contributed by atoms with van der Waals surface area (Å²) in [6.45, 7) is 3.90. The van der Waals surface area contributed by atoms with Crippen molar-refractivity contribution in [2.75, 3.05) is 0 Å². The topological polar surface area (TPSA) is 55.1 Å². The second-order valence-corrected chi connectivity index (χ2v) is 5.78. The van der Waals surface area contributed by atoms with E-state index in [0.29, 0.717) is 12.1 Å². The Kier molecular flexibility index (Phi) is 4.50. The second-order valence-electron chi connectivity index (χ2n) is 4.51. The van der Waals surface area contributed by atoms with Crippen molar-refractivity contribution in [3.05, 3.63) is 44.6 Å². The first-order valence-electron chi connectivity index (χ1n) is 6.23. The van der Waals surface area contributed by atoms with Gasteiger partial charge in [-0.15, -0.1) is 0 Å². The third-order valence-electron chi connectivity index (χ3n) is 2.99. The lowest BCUT2D eigenvalue weighted by Crippen LogP contribution is -2.01. The van der Waals surface area contributed by atoms with E-state index in [2.05, 4.69) is 21.0 Å².